The van der Waals surface area contributed by atoms with Crippen LogP contribution in [-0.4, -0.2) is 24.1 Å². The summed E-state index contributed by atoms with van der Waals surface area (Å²) in [6.45, 7) is 8.99. The van der Waals surface area contributed by atoms with Gasteiger partial charge in [0, 0.05) is 25.3 Å². The summed E-state index contributed by atoms with van der Waals surface area (Å²) < 4.78 is 0. The molecule has 0 amide bonds. The van der Waals surface area contributed by atoms with E-state index in [1.54, 1.807) is 0 Å². The van der Waals surface area contributed by atoms with Crippen LogP contribution in [0, 0.1) is 5.41 Å². The van der Waals surface area contributed by atoms with E-state index in [4.69, 9.17) is 5.73 Å². The lowest BCUT2D eigenvalue weighted by molar-refractivity contribution is 0.418. The Morgan fingerprint density at radius 1 is 1.44 bits per heavy atom. The minimum Gasteiger partial charge on any atom is -0.356 e. The number of anilines is 1. The second kappa shape index (κ2) is 5.27. The summed E-state index contributed by atoms with van der Waals surface area (Å²) in [5, 5.41) is 0. The van der Waals surface area contributed by atoms with E-state index >= 15 is 0 Å². The van der Waals surface area contributed by atoms with E-state index in [9.17, 15) is 0 Å². The van der Waals surface area contributed by atoms with Crippen LogP contribution >= 0.6 is 0 Å². The molecule has 1 saturated heterocycles. The summed E-state index contributed by atoms with van der Waals surface area (Å²) in [6.07, 6.45) is 5.17. The molecule has 2 heterocycles. The fourth-order valence-corrected chi connectivity index (χ4v) is 2.48. The first kappa shape index (κ1) is 13.3. The molecule has 1 aromatic heterocycles. The Labute approximate surface area is 110 Å². The van der Waals surface area contributed by atoms with Gasteiger partial charge in [-0.15, -0.1) is 0 Å². The lowest BCUT2D eigenvalue weighted by Crippen LogP contribution is -2.24. The van der Waals surface area contributed by atoms with Crippen LogP contribution in [0.2, 0.25) is 0 Å². The van der Waals surface area contributed by atoms with Gasteiger partial charge >= 0.3 is 0 Å². The molecule has 1 aliphatic rings. The van der Waals surface area contributed by atoms with Crippen LogP contribution in [0.3, 0.4) is 0 Å². The Hall–Kier alpha value is -1.09. The minimum atomic E-state index is 0.253. The van der Waals surface area contributed by atoms with Gasteiger partial charge in [-0.25, -0.2) is 4.98 Å². The largest absolute Gasteiger partial charge is 0.356 e. The number of pyridine rings is 1. The molecule has 3 heteroatoms. The average molecular weight is 247 g/mol. The number of nitrogens with two attached hydrogens (primary N) is 1. The molecular formula is C15H25N3. The van der Waals surface area contributed by atoms with Crippen LogP contribution < -0.4 is 10.6 Å². The maximum Gasteiger partial charge on any atom is 0.128 e. The summed E-state index contributed by atoms with van der Waals surface area (Å²) in [7, 11) is 0. The van der Waals surface area contributed by atoms with Gasteiger partial charge in [-0.1, -0.05) is 26.8 Å². The van der Waals surface area contributed by atoms with Crippen molar-refractivity contribution in [3.05, 3.63) is 23.9 Å². The highest BCUT2D eigenvalue weighted by atomic mass is 15.2. The summed E-state index contributed by atoms with van der Waals surface area (Å²) in [4.78, 5) is 6.96. The Morgan fingerprint density at radius 2 is 2.22 bits per heavy atom. The number of nitrogens with zero attached hydrogens (tertiary/aromatic N) is 2. The fourth-order valence-electron chi connectivity index (χ4n) is 2.48. The highest BCUT2D eigenvalue weighted by Crippen LogP contribution is 2.31. The molecular weight excluding hydrogens is 222 g/mol. The van der Waals surface area contributed by atoms with Crippen LogP contribution in [-0.2, 0) is 6.42 Å². The van der Waals surface area contributed by atoms with Crippen molar-refractivity contribution in [1.82, 2.24) is 4.98 Å². The third kappa shape index (κ3) is 3.22. The zero-order valence-corrected chi connectivity index (χ0v) is 11.8. The van der Waals surface area contributed by atoms with Crippen molar-refractivity contribution in [3.8, 4) is 0 Å². The molecule has 1 unspecified atom stereocenters. The monoisotopic (exact) mass is 247 g/mol. The van der Waals surface area contributed by atoms with E-state index in [2.05, 4.69) is 42.8 Å². The van der Waals surface area contributed by atoms with E-state index in [-0.39, 0.29) is 6.04 Å². The molecule has 100 valence electrons. The summed E-state index contributed by atoms with van der Waals surface area (Å²) in [6, 6.07) is 4.56. The maximum absolute atomic E-state index is 5.96. The Bertz CT molecular complexity index is 383. The molecule has 1 atom stereocenters. The molecule has 3 nitrogen and oxygen atoms in total. The third-order valence-corrected chi connectivity index (χ3v) is 3.83. The topological polar surface area (TPSA) is 42.1 Å². The summed E-state index contributed by atoms with van der Waals surface area (Å²) in [5.41, 5.74) is 7.63. The first-order valence-corrected chi connectivity index (χ1v) is 6.95. The van der Waals surface area contributed by atoms with Gasteiger partial charge in [0.25, 0.3) is 0 Å². The van der Waals surface area contributed by atoms with Crippen molar-refractivity contribution < 1.29 is 0 Å². The van der Waals surface area contributed by atoms with E-state index in [0.29, 0.717) is 5.41 Å². The molecule has 0 aliphatic carbocycles. The Morgan fingerprint density at radius 3 is 2.72 bits per heavy atom. The van der Waals surface area contributed by atoms with E-state index in [1.807, 2.05) is 6.20 Å². The molecule has 1 aliphatic heterocycles. The quantitative estimate of drug-likeness (QED) is 0.889. The predicted molar refractivity (Wildman–Crippen MR) is 76.8 cm³/mol. The van der Waals surface area contributed by atoms with Crippen LogP contribution in [0.4, 0.5) is 5.82 Å². The lowest BCUT2D eigenvalue weighted by Gasteiger charge is -2.20. The van der Waals surface area contributed by atoms with Gasteiger partial charge in [0.1, 0.15) is 5.82 Å². The van der Waals surface area contributed by atoms with Crippen LogP contribution in [0.15, 0.2) is 18.3 Å². The van der Waals surface area contributed by atoms with E-state index in [1.165, 1.54) is 12.0 Å². The van der Waals surface area contributed by atoms with Gasteiger partial charge in [0.05, 0.1) is 0 Å². The summed E-state index contributed by atoms with van der Waals surface area (Å²) >= 11 is 0. The number of hydrogen-bond acceptors (Lipinski definition) is 3. The van der Waals surface area contributed by atoms with Crippen molar-refractivity contribution in [3.63, 3.8) is 0 Å². The maximum atomic E-state index is 5.96. The number of aromatic nitrogens is 1. The predicted octanol–water partition coefficient (Wildman–Crippen LogP) is 2.60. The Balaban J connectivity index is 2.00. The molecule has 0 spiro atoms. The smallest absolute Gasteiger partial charge is 0.128 e. The van der Waals surface area contributed by atoms with Crippen molar-refractivity contribution in [2.24, 2.45) is 11.1 Å². The standard InChI is InChI=1S/C15H25N3/c1-4-13(16)9-12-5-6-14(17-10-12)18-8-7-15(2,3)11-18/h5-6,10,13H,4,7-9,11,16H2,1-3H3. The fraction of sp³-hybridized carbons (Fsp3) is 0.667. The minimum absolute atomic E-state index is 0.253. The molecule has 1 aromatic rings. The van der Waals surface area contributed by atoms with Gasteiger partial charge in [-0.2, -0.15) is 0 Å². The van der Waals surface area contributed by atoms with Gasteiger partial charge in [-0.3, -0.25) is 0 Å². The lowest BCUT2D eigenvalue weighted by atomic mass is 9.93. The van der Waals surface area contributed by atoms with Crippen LogP contribution in [0.25, 0.3) is 0 Å². The van der Waals surface area contributed by atoms with Crippen molar-refractivity contribution >= 4 is 5.82 Å². The molecule has 1 fully saturated rings. The van der Waals surface area contributed by atoms with Crippen LogP contribution in [0.5, 0.6) is 0 Å². The highest BCUT2D eigenvalue weighted by molar-refractivity contribution is 5.41. The van der Waals surface area contributed by atoms with Crippen LogP contribution in [0.1, 0.15) is 39.2 Å². The van der Waals surface area contributed by atoms with Crippen molar-refractivity contribution in [2.45, 2.75) is 46.1 Å². The molecule has 0 radical (unpaired) electrons. The van der Waals surface area contributed by atoms with E-state index in [0.717, 1.165) is 31.7 Å². The van der Waals surface area contributed by atoms with Gasteiger partial charge in [-0.05, 0) is 36.3 Å². The molecule has 0 aromatic carbocycles. The molecule has 0 saturated carbocycles. The first-order chi connectivity index (χ1) is 8.50. The number of hydrogen-bond donors (Lipinski definition) is 1. The molecule has 18 heavy (non-hydrogen) atoms. The SMILES string of the molecule is CCC(N)Cc1ccc(N2CCC(C)(C)C2)nc1. The normalized spacial score (nSPS) is 20.1. The second-order valence-electron chi connectivity index (χ2n) is 6.23. The molecule has 2 rings (SSSR count). The van der Waals surface area contributed by atoms with Gasteiger partial charge in [0.2, 0.25) is 0 Å². The van der Waals surface area contributed by atoms with Gasteiger partial charge < -0.3 is 10.6 Å². The number of rotatable bonds is 4. The second-order valence-corrected chi connectivity index (χ2v) is 6.23. The first-order valence-electron chi connectivity index (χ1n) is 6.95. The van der Waals surface area contributed by atoms with Crippen molar-refractivity contribution in [1.29, 1.82) is 0 Å². The van der Waals surface area contributed by atoms with E-state index < -0.39 is 0 Å². The highest BCUT2D eigenvalue weighted by Gasteiger charge is 2.29. The zero-order valence-electron chi connectivity index (χ0n) is 11.8. The molecule has 2 N–H and O–H groups in total. The average Bonchev–Trinajstić information content (AvgIpc) is 2.70. The Kier molecular flexibility index (Phi) is 3.91. The third-order valence-electron chi connectivity index (χ3n) is 3.83. The summed E-state index contributed by atoms with van der Waals surface area (Å²) in [5.74, 6) is 1.11. The zero-order chi connectivity index (χ0) is 13.2. The van der Waals surface area contributed by atoms with Gasteiger partial charge in [0.15, 0.2) is 0 Å². The van der Waals surface area contributed by atoms with Crippen molar-refractivity contribution in [2.75, 3.05) is 18.0 Å². The molecule has 0 bridgehead atoms.